The number of amides is 1. The molecule has 0 aliphatic heterocycles. The van der Waals surface area contributed by atoms with Gasteiger partial charge in [-0.25, -0.2) is 8.42 Å². The number of hydrogen-bond donors (Lipinski definition) is 1. The van der Waals surface area contributed by atoms with Crippen molar-refractivity contribution < 1.29 is 22.7 Å². The first-order valence-electron chi connectivity index (χ1n) is 11.2. The third-order valence-corrected chi connectivity index (χ3v) is 7.12. The van der Waals surface area contributed by atoms with Crippen molar-refractivity contribution in [1.29, 1.82) is 0 Å². The van der Waals surface area contributed by atoms with Gasteiger partial charge in [0.05, 0.1) is 38.7 Å². The molecular formula is C27H32N2O5S. The molecule has 0 fully saturated rings. The van der Waals surface area contributed by atoms with Gasteiger partial charge < -0.3 is 14.8 Å². The largest absolute Gasteiger partial charge is 0.493 e. The molecule has 0 bridgehead atoms. The fourth-order valence-corrected chi connectivity index (χ4v) is 4.57. The number of rotatable bonds is 9. The third-order valence-electron chi connectivity index (χ3n) is 5.98. The van der Waals surface area contributed by atoms with E-state index in [-0.39, 0.29) is 18.5 Å². The third kappa shape index (κ3) is 6.33. The summed E-state index contributed by atoms with van der Waals surface area (Å²) in [7, 11) is -0.355. The molecule has 3 aromatic rings. The number of anilines is 1. The lowest BCUT2D eigenvalue weighted by molar-refractivity contribution is 0.0940. The lowest BCUT2D eigenvalue weighted by Gasteiger charge is -2.23. The molecule has 1 N–H and O–H groups in total. The van der Waals surface area contributed by atoms with Crippen LogP contribution in [0.25, 0.3) is 0 Å². The van der Waals surface area contributed by atoms with Gasteiger partial charge in [-0.3, -0.25) is 9.10 Å². The van der Waals surface area contributed by atoms with Gasteiger partial charge in [0.2, 0.25) is 10.0 Å². The Bertz CT molecular complexity index is 1300. The fourth-order valence-electron chi connectivity index (χ4n) is 3.69. The summed E-state index contributed by atoms with van der Waals surface area (Å²) in [5.74, 6) is 0.983. The second-order valence-corrected chi connectivity index (χ2v) is 10.5. The van der Waals surface area contributed by atoms with Gasteiger partial charge in [-0.05, 0) is 79.4 Å². The molecule has 1 atom stereocenters. The second kappa shape index (κ2) is 10.8. The summed E-state index contributed by atoms with van der Waals surface area (Å²) < 4.78 is 37.0. The van der Waals surface area contributed by atoms with Crippen molar-refractivity contribution in [3.63, 3.8) is 0 Å². The van der Waals surface area contributed by atoms with E-state index in [2.05, 4.69) is 5.32 Å². The Labute approximate surface area is 207 Å². The van der Waals surface area contributed by atoms with Gasteiger partial charge in [-0.1, -0.05) is 24.3 Å². The van der Waals surface area contributed by atoms with Crippen LogP contribution in [-0.2, 0) is 16.6 Å². The first-order chi connectivity index (χ1) is 16.5. The highest BCUT2D eigenvalue weighted by atomic mass is 32.2. The van der Waals surface area contributed by atoms with Gasteiger partial charge in [0.1, 0.15) is 0 Å². The van der Waals surface area contributed by atoms with Gasteiger partial charge in [0, 0.05) is 5.56 Å². The van der Waals surface area contributed by atoms with Crippen LogP contribution in [-0.4, -0.2) is 34.8 Å². The van der Waals surface area contributed by atoms with E-state index in [1.807, 2.05) is 45.0 Å². The lowest BCUT2D eigenvalue weighted by atomic mass is 10.1. The van der Waals surface area contributed by atoms with Crippen molar-refractivity contribution in [2.75, 3.05) is 24.8 Å². The first kappa shape index (κ1) is 26.1. The number of aryl methyl sites for hydroxylation is 2. The summed E-state index contributed by atoms with van der Waals surface area (Å²) in [6.07, 6.45) is 1.19. The van der Waals surface area contributed by atoms with E-state index in [1.54, 1.807) is 50.6 Å². The zero-order valence-electron chi connectivity index (χ0n) is 21.0. The van der Waals surface area contributed by atoms with Crippen molar-refractivity contribution in [1.82, 2.24) is 5.32 Å². The van der Waals surface area contributed by atoms with E-state index in [9.17, 15) is 13.2 Å². The molecule has 0 aliphatic rings. The summed E-state index contributed by atoms with van der Waals surface area (Å²) in [5.41, 5.74) is 4.87. The van der Waals surface area contributed by atoms with Crippen molar-refractivity contribution in [2.45, 2.75) is 33.4 Å². The maximum absolute atomic E-state index is 12.8. The molecule has 0 aromatic heterocycles. The summed E-state index contributed by atoms with van der Waals surface area (Å²) in [5, 5.41) is 2.98. The molecule has 7 nitrogen and oxygen atoms in total. The van der Waals surface area contributed by atoms with Gasteiger partial charge in [0.25, 0.3) is 5.91 Å². The molecule has 0 unspecified atom stereocenters. The van der Waals surface area contributed by atoms with Gasteiger partial charge >= 0.3 is 0 Å². The minimum atomic E-state index is -3.49. The van der Waals surface area contributed by atoms with Gasteiger partial charge in [-0.2, -0.15) is 0 Å². The number of nitrogens with one attached hydrogen (secondary N) is 1. The van der Waals surface area contributed by atoms with E-state index >= 15 is 0 Å². The minimum absolute atomic E-state index is 0.172. The Morgan fingerprint density at radius 1 is 0.914 bits per heavy atom. The molecule has 0 heterocycles. The number of carbonyl (C=O) groups excluding carboxylic acids is 1. The van der Waals surface area contributed by atoms with Gasteiger partial charge in [0.15, 0.2) is 11.5 Å². The fraction of sp³-hybridized carbons (Fsp3) is 0.296. The molecule has 186 valence electrons. The molecule has 0 aliphatic carbocycles. The van der Waals surface area contributed by atoms with Crippen molar-refractivity contribution in [3.8, 4) is 11.5 Å². The van der Waals surface area contributed by atoms with Crippen LogP contribution >= 0.6 is 0 Å². The molecule has 0 saturated carbocycles. The van der Waals surface area contributed by atoms with Crippen LogP contribution < -0.4 is 19.1 Å². The van der Waals surface area contributed by atoms with Crippen LogP contribution in [0, 0.1) is 13.8 Å². The average molecular weight is 497 g/mol. The normalized spacial score (nSPS) is 12.1. The van der Waals surface area contributed by atoms with E-state index in [0.29, 0.717) is 22.7 Å². The zero-order valence-corrected chi connectivity index (χ0v) is 21.8. The van der Waals surface area contributed by atoms with Crippen LogP contribution in [0.5, 0.6) is 11.5 Å². The molecule has 0 spiro atoms. The van der Waals surface area contributed by atoms with Crippen LogP contribution in [0.15, 0.2) is 60.7 Å². The van der Waals surface area contributed by atoms with Crippen molar-refractivity contribution >= 4 is 21.6 Å². The van der Waals surface area contributed by atoms with Crippen molar-refractivity contribution in [3.05, 3.63) is 88.5 Å². The topological polar surface area (TPSA) is 84.9 Å². The maximum atomic E-state index is 12.8. The Balaban J connectivity index is 1.73. The number of carbonyl (C=O) groups is 1. The minimum Gasteiger partial charge on any atom is -0.493 e. The average Bonchev–Trinajstić information content (AvgIpc) is 2.83. The van der Waals surface area contributed by atoms with E-state index in [4.69, 9.17) is 9.47 Å². The predicted molar refractivity (Wildman–Crippen MR) is 139 cm³/mol. The Morgan fingerprint density at radius 2 is 1.57 bits per heavy atom. The molecular weight excluding hydrogens is 464 g/mol. The molecule has 0 radical (unpaired) electrons. The molecule has 3 rings (SSSR count). The van der Waals surface area contributed by atoms with Crippen molar-refractivity contribution in [2.24, 2.45) is 0 Å². The summed E-state index contributed by atoms with van der Waals surface area (Å²) in [4.78, 5) is 12.8. The number of ether oxygens (including phenoxy) is 2. The molecule has 1 amide bonds. The molecule has 8 heteroatoms. The summed E-state index contributed by atoms with van der Waals surface area (Å²) >= 11 is 0. The second-order valence-electron chi connectivity index (χ2n) is 8.54. The lowest BCUT2D eigenvalue weighted by Crippen LogP contribution is -2.29. The van der Waals surface area contributed by atoms with E-state index in [0.717, 1.165) is 22.3 Å². The van der Waals surface area contributed by atoms with Crippen LogP contribution in [0.3, 0.4) is 0 Å². The molecule has 0 saturated heterocycles. The standard InChI is InChI=1S/C27H32N2O5S/c1-18-7-13-24(15-19(18)2)29(35(6,31)32)17-21-8-10-22(11-9-21)27(30)28-20(3)23-12-14-25(33-4)26(16-23)34-5/h7-16,20H,17H2,1-6H3,(H,28,30)/t20-/m1/s1. The summed E-state index contributed by atoms with van der Waals surface area (Å²) in [6, 6.07) is 17.8. The zero-order chi connectivity index (χ0) is 25.8. The van der Waals surface area contributed by atoms with E-state index in [1.165, 1.54) is 10.6 Å². The Hall–Kier alpha value is -3.52. The number of nitrogens with zero attached hydrogens (tertiary/aromatic N) is 1. The van der Waals surface area contributed by atoms with E-state index < -0.39 is 10.0 Å². The number of benzene rings is 3. The molecule has 35 heavy (non-hydrogen) atoms. The van der Waals surface area contributed by atoms with Gasteiger partial charge in [-0.15, -0.1) is 0 Å². The number of sulfonamides is 1. The highest BCUT2D eigenvalue weighted by Gasteiger charge is 2.19. The first-order valence-corrected chi connectivity index (χ1v) is 13.0. The summed E-state index contributed by atoms with van der Waals surface area (Å²) in [6.45, 7) is 6.00. The van der Waals surface area contributed by atoms with Crippen LogP contribution in [0.1, 0.15) is 45.6 Å². The predicted octanol–water partition coefficient (Wildman–Crippen LogP) is 4.78. The molecule has 3 aromatic carbocycles. The number of methoxy groups -OCH3 is 2. The highest BCUT2D eigenvalue weighted by molar-refractivity contribution is 7.92. The quantitative estimate of drug-likeness (QED) is 0.461. The maximum Gasteiger partial charge on any atom is 0.251 e. The smallest absolute Gasteiger partial charge is 0.251 e. The Morgan fingerprint density at radius 3 is 2.14 bits per heavy atom. The van der Waals surface area contributed by atoms with Crippen LogP contribution in [0.2, 0.25) is 0 Å². The Kier molecular flexibility index (Phi) is 8.07. The number of hydrogen-bond acceptors (Lipinski definition) is 5. The highest BCUT2D eigenvalue weighted by Crippen LogP contribution is 2.30. The van der Waals surface area contributed by atoms with Crippen LogP contribution in [0.4, 0.5) is 5.69 Å². The monoisotopic (exact) mass is 496 g/mol. The SMILES string of the molecule is COc1ccc([C@@H](C)NC(=O)c2ccc(CN(c3ccc(C)c(C)c3)S(C)(=O)=O)cc2)cc1OC.